The molecule has 2 heterocycles. The standard InChI is InChI=1S/C14H18N4/c1-11-9-17-18(10-11)8-7-15-13-5-4-12-3-2-6-16-14(12)13/h2-3,6,9-10,13,15H,4-5,7-8H2,1H3. The fourth-order valence-electron chi connectivity index (χ4n) is 2.55. The van der Waals surface area contributed by atoms with Crippen LogP contribution < -0.4 is 5.32 Å². The Hall–Kier alpha value is -1.68. The van der Waals surface area contributed by atoms with Gasteiger partial charge in [-0.25, -0.2) is 0 Å². The van der Waals surface area contributed by atoms with E-state index in [1.54, 1.807) is 0 Å². The first-order valence-electron chi connectivity index (χ1n) is 6.49. The molecule has 2 aromatic heterocycles. The van der Waals surface area contributed by atoms with Gasteiger partial charge >= 0.3 is 0 Å². The van der Waals surface area contributed by atoms with Crippen LogP contribution in [-0.4, -0.2) is 21.3 Å². The van der Waals surface area contributed by atoms with Crippen molar-refractivity contribution in [2.24, 2.45) is 0 Å². The Balaban J connectivity index is 1.56. The molecule has 3 rings (SSSR count). The summed E-state index contributed by atoms with van der Waals surface area (Å²) in [5, 5.41) is 7.86. The summed E-state index contributed by atoms with van der Waals surface area (Å²) in [6.07, 6.45) is 8.15. The van der Waals surface area contributed by atoms with Crippen LogP contribution in [0.15, 0.2) is 30.7 Å². The minimum atomic E-state index is 0.415. The predicted molar refractivity (Wildman–Crippen MR) is 70.3 cm³/mol. The first-order chi connectivity index (χ1) is 8.83. The van der Waals surface area contributed by atoms with Crippen LogP contribution in [0.2, 0.25) is 0 Å². The summed E-state index contributed by atoms with van der Waals surface area (Å²) in [6, 6.07) is 4.62. The van der Waals surface area contributed by atoms with E-state index < -0.39 is 0 Å². The van der Waals surface area contributed by atoms with Crippen molar-refractivity contribution in [3.8, 4) is 0 Å². The Morgan fingerprint density at radius 3 is 3.28 bits per heavy atom. The minimum absolute atomic E-state index is 0.415. The maximum atomic E-state index is 4.49. The van der Waals surface area contributed by atoms with E-state index in [-0.39, 0.29) is 0 Å². The minimum Gasteiger partial charge on any atom is -0.307 e. The zero-order chi connectivity index (χ0) is 12.4. The molecule has 4 heteroatoms. The summed E-state index contributed by atoms with van der Waals surface area (Å²) in [7, 11) is 0. The number of hydrogen-bond acceptors (Lipinski definition) is 3. The molecule has 18 heavy (non-hydrogen) atoms. The highest BCUT2D eigenvalue weighted by atomic mass is 15.3. The number of rotatable bonds is 4. The van der Waals surface area contributed by atoms with E-state index >= 15 is 0 Å². The van der Waals surface area contributed by atoms with Gasteiger partial charge in [-0.1, -0.05) is 6.07 Å². The Morgan fingerprint density at radius 2 is 2.44 bits per heavy atom. The molecule has 4 nitrogen and oxygen atoms in total. The zero-order valence-electron chi connectivity index (χ0n) is 10.6. The van der Waals surface area contributed by atoms with E-state index in [1.165, 1.54) is 16.8 Å². The lowest BCUT2D eigenvalue weighted by Gasteiger charge is -2.12. The average Bonchev–Trinajstić information content (AvgIpc) is 2.97. The maximum absolute atomic E-state index is 4.49. The van der Waals surface area contributed by atoms with Crippen LogP contribution in [0.25, 0.3) is 0 Å². The number of nitrogens with one attached hydrogen (secondary N) is 1. The van der Waals surface area contributed by atoms with Gasteiger partial charge in [-0.05, 0) is 37.0 Å². The van der Waals surface area contributed by atoms with Crippen molar-refractivity contribution in [2.45, 2.75) is 32.4 Å². The summed E-state index contributed by atoms with van der Waals surface area (Å²) < 4.78 is 1.98. The van der Waals surface area contributed by atoms with E-state index in [9.17, 15) is 0 Å². The number of aromatic nitrogens is 3. The molecule has 0 aliphatic heterocycles. The molecule has 0 fully saturated rings. The fourth-order valence-corrected chi connectivity index (χ4v) is 2.55. The van der Waals surface area contributed by atoms with Crippen molar-refractivity contribution in [3.05, 3.63) is 47.5 Å². The zero-order valence-corrected chi connectivity index (χ0v) is 10.6. The van der Waals surface area contributed by atoms with Gasteiger partial charge in [-0.15, -0.1) is 0 Å². The molecule has 0 aromatic carbocycles. The van der Waals surface area contributed by atoms with E-state index in [2.05, 4.69) is 34.6 Å². The second-order valence-corrected chi connectivity index (χ2v) is 4.87. The molecule has 0 radical (unpaired) electrons. The van der Waals surface area contributed by atoms with Crippen molar-refractivity contribution in [3.63, 3.8) is 0 Å². The Kier molecular flexibility index (Phi) is 3.11. The second-order valence-electron chi connectivity index (χ2n) is 4.87. The predicted octanol–water partition coefficient (Wildman–Crippen LogP) is 1.86. The summed E-state index contributed by atoms with van der Waals surface area (Å²) in [5.41, 5.74) is 3.84. The largest absolute Gasteiger partial charge is 0.307 e. The molecule has 1 unspecified atom stereocenters. The highest BCUT2D eigenvalue weighted by Crippen LogP contribution is 2.28. The van der Waals surface area contributed by atoms with Crippen LogP contribution in [0.4, 0.5) is 0 Å². The molecule has 0 spiro atoms. The van der Waals surface area contributed by atoms with Gasteiger partial charge < -0.3 is 5.32 Å². The molecule has 1 aliphatic rings. The van der Waals surface area contributed by atoms with Crippen LogP contribution in [0.3, 0.4) is 0 Å². The number of hydrogen-bond donors (Lipinski definition) is 1. The lowest BCUT2D eigenvalue weighted by molar-refractivity contribution is 0.478. The first kappa shape index (κ1) is 11.4. The third kappa shape index (κ3) is 2.29. The lowest BCUT2D eigenvalue weighted by Crippen LogP contribution is -2.24. The summed E-state index contributed by atoms with van der Waals surface area (Å²) in [4.78, 5) is 4.49. The van der Waals surface area contributed by atoms with Crippen LogP contribution in [-0.2, 0) is 13.0 Å². The molecule has 2 aromatic rings. The van der Waals surface area contributed by atoms with Crippen LogP contribution in [0.5, 0.6) is 0 Å². The summed E-state index contributed by atoms with van der Waals surface area (Å²) in [6.45, 7) is 3.91. The quantitative estimate of drug-likeness (QED) is 0.890. The molecule has 1 N–H and O–H groups in total. The fraction of sp³-hybridized carbons (Fsp3) is 0.429. The number of aryl methyl sites for hydroxylation is 2. The SMILES string of the molecule is Cc1cnn(CCNC2CCc3cccnc32)c1. The summed E-state index contributed by atoms with van der Waals surface area (Å²) >= 11 is 0. The highest BCUT2D eigenvalue weighted by Gasteiger charge is 2.22. The van der Waals surface area contributed by atoms with Crippen molar-refractivity contribution < 1.29 is 0 Å². The van der Waals surface area contributed by atoms with E-state index in [0.29, 0.717) is 6.04 Å². The van der Waals surface area contributed by atoms with E-state index in [4.69, 9.17) is 0 Å². The van der Waals surface area contributed by atoms with Gasteiger partial charge in [0.2, 0.25) is 0 Å². The lowest BCUT2D eigenvalue weighted by atomic mass is 10.2. The molecule has 1 aliphatic carbocycles. The third-order valence-corrected chi connectivity index (χ3v) is 3.45. The van der Waals surface area contributed by atoms with E-state index in [0.717, 1.165) is 25.9 Å². The molecule has 0 saturated carbocycles. The first-order valence-corrected chi connectivity index (χ1v) is 6.49. The number of nitrogens with zero attached hydrogens (tertiary/aromatic N) is 3. The van der Waals surface area contributed by atoms with Crippen LogP contribution in [0, 0.1) is 6.92 Å². The Bertz CT molecular complexity index is 532. The molecule has 0 amide bonds. The Labute approximate surface area is 107 Å². The molecular weight excluding hydrogens is 224 g/mol. The highest BCUT2D eigenvalue weighted by molar-refractivity contribution is 5.27. The van der Waals surface area contributed by atoms with Gasteiger partial charge in [0.05, 0.1) is 24.5 Å². The number of fused-ring (bicyclic) bond motifs is 1. The van der Waals surface area contributed by atoms with Gasteiger partial charge in [-0.3, -0.25) is 9.67 Å². The van der Waals surface area contributed by atoms with Gasteiger partial charge in [0, 0.05) is 18.9 Å². The van der Waals surface area contributed by atoms with Crippen molar-refractivity contribution in [2.75, 3.05) is 6.54 Å². The van der Waals surface area contributed by atoms with E-state index in [1.807, 2.05) is 23.1 Å². The molecule has 1 atom stereocenters. The van der Waals surface area contributed by atoms with Gasteiger partial charge in [-0.2, -0.15) is 5.10 Å². The van der Waals surface area contributed by atoms with Gasteiger partial charge in [0.1, 0.15) is 0 Å². The smallest absolute Gasteiger partial charge is 0.0605 e. The molecule has 0 bridgehead atoms. The van der Waals surface area contributed by atoms with Crippen LogP contribution >= 0.6 is 0 Å². The van der Waals surface area contributed by atoms with Gasteiger partial charge in [0.25, 0.3) is 0 Å². The molecule has 94 valence electrons. The molecular formula is C14H18N4. The third-order valence-electron chi connectivity index (χ3n) is 3.45. The molecule has 0 saturated heterocycles. The number of pyridine rings is 1. The Morgan fingerprint density at radius 1 is 1.50 bits per heavy atom. The van der Waals surface area contributed by atoms with Crippen molar-refractivity contribution in [1.82, 2.24) is 20.1 Å². The second kappa shape index (κ2) is 4.90. The topological polar surface area (TPSA) is 42.7 Å². The summed E-state index contributed by atoms with van der Waals surface area (Å²) in [5.74, 6) is 0. The van der Waals surface area contributed by atoms with Crippen molar-refractivity contribution >= 4 is 0 Å². The normalized spacial score (nSPS) is 17.9. The monoisotopic (exact) mass is 242 g/mol. The average molecular weight is 242 g/mol. The van der Waals surface area contributed by atoms with Gasteiger partial charge in [0.15, 0.2) is 0 Å². The van der Waals surface area contributed by atoms with Crippen LogP contribution in [0.1, 0.15) is 29.3 Å². The maximum Gasteiger partial charge on any atom is 0.0605 e. The van der Waals surface area contributed by atoms with Crippen molar-refractivity contribution in [1.29, 1.82) is 0 Å².